The number of nitrogens with zero attached hydrogens (tertiary/aromatic N) is 2. The Morgan fingerprint density at radius 2 is 2.19 bits per heavy atom. The van der Waals surface area contributed by atoms with Crippen LogP contribution in [0.1, 0.15) is 25.5 Å². The zero-order chi connectivity index (χ0) is 11.1. The standard InChI is InChI=1S/C12H11N3O/c1-7-8(2-3-10(7)16)11-9-4-5-13-12(9)15-6-14-11/h4-6H,2-3H2,1H3,(H,13,14,15). The van der Waals surface area contributed by atoms with Gasteiger partial charge in [0.2, 0.25) is 0 Å². The first-order valence-electron chi connectivity index (χ1n) is 5.29. The molecule has 0 spiro atoms. The molecule has 4 nitrogen and oxygen atoms in total. The van der Waals surface area contributed by atoms with Crippen LogP contribution in [0, 0.1) is 0 Å². The molecule has 0 radical (unpaired) electrons. The van der Waals surface area contributed by atoms with Crippen molar-refractivity contribution in [2.24, 2.45) is 0 Å². The minimum Gasteiger partial charge on any atom is -0.346 e. The molecular formula is C12H11N3O. The Morgan fingerprint density at radius 3 is 2.94 bits per heavy atom. The van der Waals surface area contributed by atoms with Gasteiger partial charge in [0.15, 0.2) is 5.78 Å². The fraction of sp³-hybridized carbons (Fsp3) is 0.250. The smallest absolute Gasteiger partial charge is 0.159 e. The molecule has 0 aromatic carbocycles. The summed E-state index contributed by atoms with van der Waals surface area (Å²) in [5.74, 6) is 0.234. The van der Waals surface area contributed by atoms with E-state index in [9.17, 15) is 4.79 Å². The largest absolute Gasteiger partial charge is 0.346 e. The maximum atomic E-state index is 11.5. The van der Waals surface area contributed by atoms with E-state index in [1.165, 1.54) is 6.33 Å². The third kappa shape index (κ3) is 1.19. The molecular weight excluding hydrogens is 202 g/mol. The van der Waals surface area contributed by atoms with Crippen LogP contribution in [0.5, 0.6) is 0 Å². The average molecular weight is 213 g/mol. The van der Waals surface area contributed by atoms with Crippen molar-refractivity contribution >= 4 is 22.4 Å². The quantitative estimate of drug-likeness (QED) is 0.789. The molecule has 1 aliphatic rings. The Labute approximate surface area is 92.4 Å². The van der Waals surface area contributed by atoms with Gasteiger partial charge in [-0.15, -0.1) is 0 Å². The topological polar surface area (TPSA) is 58.6 Å². The molecule has 80 valence electrons. The Bertz CT molecular complexity index is 610. The molecule has 0 atom stereocenters. The lowest BCUT2D eigenvalue weighted by Crippen LogP contribution is -1.93. The van der Waals surface area contributed by atoms with Crippen LogP contribution < -0.4 is 0 Å². The van der Waals surface area contributed by atoms with E-state index in [-0.39, 0.29) is 5.78 Å². The molecule has 0 saturated carbocycles. The van der Waals surface area contributed by atoms with Crippen molar-refractivity contribution in [2.45, 2.75) is 19.8 Å². The summed E-state index contributed by atoms with van der Waals surface area (Å²) in [5, 5.41) is 0.992. The first kappa shape index (κ1) is 9.27. The second-order valence-electron chi connectivity index (χ2n) is 3.99. The Morgan fingerprint density at radius 1 is 1.31 bits per heavy atom. The van der Waals surface area contributed by atoms with Crippen molar-refractivity contribution in [1.82, 2.24) is 15.0 Å². The molecule has 2 aromatic rings. The second-order valence-corrected chi connectivity index (χ2v) is 3.99. The number of fused-ring (bicyclic) bond motifs is 1. The molecule has 0 fully saturated rings. The fourth-order valence-corrected chi connectivity index (χ4v) is 2.19. The lowest BCUT2D eigenvalue weighted by atomic mass is 10.1. The third-order valence-corrected chi connectivity index (χ3v) is 3.11. The monoisotopic (exact) mass is 213 g/mol. The van der Waals surface area contributed by atoms with E-state index in [4.69, 9.17) is 0 Å². The fourth-order valence-electron chi connectivity index (χ4n) is 2.19. The first-order valence-corrected chi connectivity index (χ1v) is 5.29. The van der Waals surface area contributed by atoms with E-state index >= 15 is 0 Å². The lowest BCUT2D eigenvalue weighted by molar-refractivity contribution is -0.114. The summed E-state index contributed by atoms with van der Waals surface area (Å²) in [6.07, 6.45) is 4.78. The molecule has 0 amide bonds. The van der Waals surface area contributed by atoms with E-state index in [1.807, 2.05) is 19.2 Å². The molecule has 1 aliphatic carbocycles. The van der Waals surface area contributed by atoms with Gasteiger partial charge in [-0.05, 0) is 30.6 Å². The Balaban J connectivity index is 2.27. The minimum absolute atomic E-state index is 0.234. The zero-order valence-corrected chi connectivity index (χ0v) is 8.95. The van der Waals surface area contributed by atoms with E-state index in [0.29, 0.717) is 6.42 Å². The van der Waals surface area contributed by atoms with Crippen molar-refractivity contribution in [3.63, 3.8) is 0 Å². The number of carbonyl (C=O) groups is 1. The minimum atomic E-state index is 0.234. The molecule has 2 aromatic heterocycles. The predicted molar refractivity (Wildman–Crippen MR) is 60.7 cm³/mol. The number of aromatic amines is 1. The normalized spacial score (nSPS) is 16.4. The summed E-state index contributed by atoms with van der Waals surface area (Å²) in [4.78, 5) is 23.0. The number of aromatic nitrogens is 3. The van der Waals surface area contributed by atoms with E-state index in [2.05, 4.69) is 15.0 Å². The van der Waals surface area contributed by atoms with Crippen molar-refractivity contribution in [1.29, 1.82) is 0 Å². The van der Waals surface area contributed by atoms with Crippen LogP contribution in [0.4, 0.5) is 0 Å². The number of Topliss-reactive ketones (excluding diaryl/α,β-unsaturated/α-hetero) is 1. The summed E-state index contributed by atoms with van der Waals surface area (Å²) in [6, 6.07) is 1.95. The molecule has 16 heavy (non-hydrogen) atoms. The van der Waals surface area contributed by atoms with Crippen LogP contribution in [0.2, 0.25) is 0 Å². The van der Waals surface area contributed by atoms with Crippen LogP contribution >= 0.6 is 0 Å². The highest BCUT2D eigenvalue weighted by molar-refractivity contribution is 6.08. The SMILES string of the molecule is CC1=C(c2ncnc3[nH]ccc23)CCC1=O. The number of carbonyl (C=O) groups excluding carboxylic acids is 1. The van der Waals surface area contributed by atoms with E-state index in [1.54, 1.807) is 0 Å². The van der Waals surface area contributed by atoms with Gasteiger partial charge < -0.3 is 4.98 Å². The van der Waals surface area contributed by atoms with Gasteiger partial charge in [-0.3, -0.25) is 4.79 Å². The van der Waals surface area contributed by atoms with Gasteiger partial charge in [0.25, 0.3) is 0 Å². The number of rotatable bonds is 1. The van der Waals surface area contributed by atoms with Crippen LogP contribution in [0.3, 0.4) is 0 Å². The van der Waals surface area contributed by atoms with Gasteiger partial charge in [0, 0.05) is 18.0 Å². The number of allylic oxidation sites excluding steroid dienone is 2. The number of nitrogens with one attached hydrogen (secondary N) is 1. The van der Waals surface area contributed by atoms with Gasteiger partial charge in [0.1, 0.15) is 12.0 Å². The van der Waals surface area contributed by atoms with Crippen LogP contribution in [0.25, 0.3) is 16.6 Å². The van der Waals surface area contributed by atoms with E-state index < -0.39 is 0 Å². The molecule has 3 rings (SSSR count). The lowest BCUT2D eigenvalue weighted by Gasteiger charge is -2.03. The summed E-state index contributed by atoms with van der Waals surface area (Å²) < 4.78 is 0. The van der Waals surface area contributed by atoms with Gasteiger partial charge >= 0.3 is 0 Å². The molecule has 1 N–H and O–H groups in total. The second kappa shape index (κ2) is 3.27. The summed E-state index contributed by atoms with van der Waals surface area (Å²) in [7, 11) is 0. The number of hydrogen-bond donors (Lipinski definition) is 1. The number of hydrogen-bond acceptors (Lipinski definition) is 3. The van der Waals surface area contributed by atoms with Crippen LogP contribution in [0.15, 0.2) is 24.2 Å². The maximum Gasteiger partial charge on any atom is 0.159 e. The van der Waals surface area contributed by atoms with Crippen LogP contribution in [-0.4, -0.2) is 20.7 Å². The molecule has 0 unspecified atom stereocenters. The van der Waals surface area contributed by atoms with E-state index in [0.717, 1.165) is 34.3 Å². The van der Waals surface area contributed by atoms with Gasteiger partial charge in [-0.25, -0.2) is 9.97 Å². The van der Waals surface area contributed by atoms with Crippen molar-refractivity contribution in [3.8, 4) is 0 Å². The number of ketones is 1. The van der Waals surface area contributed by atoms with Gasteiger partial charge in [0.05, 0.1) is 5.69 Å². The highest BCUT2D eigenvalue weighted by atomic mass is 16.1. The van der Waals surface area contributed by atoms with Crippen LogP contribution in [-0.2, 0) is 4.79 Å². The van der Waals surface area contributed by atoms with Gasteiger partial charge in [-0.2, -0.15) is 0 Å². The maximum absolute atomic E-state index is 11.5. The molecule has 0 bridgehead atoms. The Kier molecular flexibility index (Phi) is 1.89. The Hall–Kier alpha value is -1.97. The highest BCUT2D eigenvalue weighted by Crippen LogP contribution is 2.33. The molecule has 0 aliphatic heterocycles. The van der Waals surface area contributed by atoms with Crippen molar-refractivity contribution < 1.29 is 4.79 Å². The average Bonchev–Trinajstić information content (AvgIpc) is 2.87. The number of H-pyrrole nitrogens is 1. The summed E-state index contributed by atoms with van der Waals surface area (Å²) in [6.45, 7) is 1.88. The predicted octanol–water partition coefficient (Wildman–Crippen LogP) is 2.09. The highest BCUT2D eigenvalue weighted by Gasteiger charge is 2.22. The molecule has 4 heteroatoms. The van der Waals surface area contributed by atoms with Gasteiger partial charge in [-0.1, -0.05) is 0 Å². The molecule has 0 saturated heterocycles. The molecule has 2 heterocycles. The summed E-state index contributed by atoms with van der Waals surface area (Å²) >= 11 is 0. The summed E-state index contributed by atoms with van der Waals surface area (Å²) in [5.41, 5.74) is 3.64. The zero-order valence-electron chi connectivity index (χ0n) is 8.95. The van der Waals surface area contributed by atoms with Crippen molar-refractivity contribution in [3.05, 3.63) is 29.9 Å². The van der Waals surface area contributed by atoms with Crippen molar-refractivity contribution in [2.75, 3.05) is 0 Å². The third-order valence-electron chi connectivity index (χ3n) is 3.11. The first-order chi connectivity index (χ1) is 7.77.